The van der Waals surface area contributed by atoms with Gasteiger partial charge in [0.15, 0.2) is 12.1 Å². The van der Waals surface area contributed by atoms with E-state index < -0.39 is 23.1 Å². The lowest BCUT2D eigenvalue weighted by Gasteiger charge is -2.36. The molecule has 1 aliphatic carbocycles. The summed E-state index contributed by atoms with van der Waals surface area (Å²) in [5.74, 6) is 0.155. The second-order valence-electron chi connectivity index (χ2n) is 11.8. The molecule has 3 aromatic rings. The quantitative estimate of drug-likeness (QED) is 0.217. The van der Waals surface area contributed by atoms with E-state index >= 15 is 0 Å². The van der Waals surface area contributed by atoms with Gasteiger partial charge in [0, 0.05) is 48.8 Å². The lowest BCUT2D eigenvalue weighted by atomic mass is 9.74. The molecule has 0 spiro atoms. The molecule has 5 rings (SSSR count). The van der Waals surface area contributed by atoms with E-state index in [9.17, 15) is 32.7 Å². The summed E-state index contributed by atoms with van der Waals surface area (Å²) in [5, 5.41) is 11.4. The number of likely N-dealkylation sites (tertiary alicyclic amines) is 1. The van der Waals surface area contributed by atoms with E-state index in [4.69, 9.17) is 0 Å². The molecule has 1 amide bonds. The number of alkyl halides is 3. The highest BCUT2D eigenvalue weighted by Crippen LogP contribution is 2.42. The summed E-state index contributed by atoms with van der Waals surface area (Å²) < 4.78 is 38.9. The number of halogens is 3. The van der Waals surface area contributed by atoms with Gasteiger partial charge in [-0.2, -0.15) is 13.2 Å². The lowest BCUT2D eigenvalue weighted by molar-refractivity contribution is -0.137. The van der Waals surface area contributed by atoms with Gasteiger partial charge in [-0.05, 0) is 74.1 Å². The standard InChI is InChI=1S/C34H35F3N2O4/c35-34(36,37)28-6-3-5-25(19-28)30(41)9-11-32(42)39-17-14-24(21-39)18-23-12-15-33(43,16-13-23)31-10-8-26(20-38-31)29-7-2-1-4-27(29)22-40/h1-8,10,19-20,22-24,43H,9,11-18,21H2. The van der Waals surface area contributed by atoms with Crippen molar-refractivity contribution in [2.75, 3.05) is 13.1 Å². The Morgan fingerprint density at radius 1 is 0.977 bits per heavy atom. The topological polar surface area (TPSA) is 87.6 Å². The monoisotopic (exact) mass is 592 g/mol. The molecule has 1 saturated heterocycles. The maximum atomic E-state index is 13.0. The first-order valence-electron chi connectivity index (χ1n) is 14.8. The highest BCUT2D eigenvalue weighted by atomic mass is 19.4. The third kappa shape index (κ3) is 7.21. The number of nitrogens with zero attached hydrogens (tertiary/aromatic N) is 2. The van der Waals surface area contributed by atoms with Crippen LogP contribution in [-0.4, -0.2) is 46.1 Å². The minimum absolute atomic E-state index is 0.0230. The van der Waals surface area contributed by atoms with Crippen LogP contribution in [-0.2, 0) is 16.6 Å². The zero-order valence-electron chi connectivity index (χ0n) is 23.9. The molecular formula is C34H35F3N2O4. The Morgan fingerprint density at radius 3 is 2.44 bits per heavy atom. The zero-order valence-corrected chi connectivity index (χ0v) is 23.9. The minimum atomic E-state index is -4.53. The van der Waals surface area contributed by atoms with E-state index in [-0.39, 0.29) is 24.3 Å². The number of aldehydes is 1. The minimum Gasteiger partial charge on any atom is -0.384 e. The van der Waals surface area contributed by atoms with E-state index in [2.05, 4.69) is 4.98 Å². The molecule has 1 saturated carbocycles. The van der Waals surface area contributed by atoms with E-state index in [1.807, 2.05) is 30.3 Å². The molecule has 226 valence electrons. The summed E-state index contributed by atoms with van der Waals surface area (Å²) in [5.41, 5.74) is 0.946. The van der Waals surface area contributed by atoms with Crippen LogP contribution in [0.5, 0.6) is 0 Å². The molecule has 1 atom stereocenters. The van der Waals surface area contributed by atoms with Crippen LogP contribution < -0.4 is 0 Å². The summed E-state index contributed by atoms with van der Waals surface area (Å²) in [7, 11) is 0. The van der Waals surface area contributed by atoms with Crippen LogP contribution in [0.4, 0.5) is 13.2 Å². The second kappa shape index (κ2) is 12.8. The third-order valence-corrected chi connectivity index (χ3v) is 8.95. The largest absolute Gasteiger partial charge is 0.416 e. The van der Waals surface area contributed by atoms with Gasteiger partial charge in [-0.1, -0.05) is 42.5 Å². The molecule has 2 heterocycles. The number of carbonyl (C=O) groups excluding carboxylic acids is 3. The Morgan fingerprint density at radius 2 is 1.74 bits per heavy atom. The van der Waals surface area contributed by atoms with Gasteiger partial charge in [-0.25, -0.2) is 0 Å². The van der Waals surface area contributed by atoms with Crippen molar-refractivity contribution in [1.29, 1.82) is 0 Å². The molecule has 0 bridgehead atoms. The first kappa shape index (κ1) is 30.6. The molecule has 6 nitrogen and oxygen atoms in total. The van der Waals surface area contributed by atoms with Crippen LogP contribution in [0.1, 0.15) is 83.3 Å². The van der Waals surface area contributed by atoms with Crippen molar-refractivity contribution in [2.45, 2.75) is 63.1 Å². The number of rotatable bonds is 9. The van der Waals surface area contributed by atoms with Crippen molar-refractivity contribution in [3.63, 3.8) is 0 Å². The Balaban J connectivity index is 1.08. The fourth-order valence-corrected chi connectivity index (χ4v) is 6.45. The van der Waals surface area contributed by atoms with E-state index in [0.29, 0.717) is 49.0 Å². The molecule has 1 aromatic heterocycles. The first-order chi connectivity index (χ1) is 20.6. The number of pyridine rings is 1. The van der Waals surface area contributed by atoms with E-state index in [0.717, 1.165) is 55.2 Å². The lowest BCUT2D eigenvalue weighted by Crippen LogP contribution is -2.33. The smallest absolute Gasteiger partial charge is 0.384 e. The number of amides is 1. The number of hydrogen-bond acceptors (Lipinski definition) is 5. The van der Waals surface area contributed by atoms with Crippen molar-refractivity contribution in [3.8, 4) is 11.1 Å². The number of Topliss-reactive ketones (excluding diaryl/α,β-unsaturated/α-hetero) is 1. The maximum absolute atomic E-state index is 13.0. The van der Waals surface area contributed by atoms with Gasteiger partial charge >= 0.3 is 6.18 Å². The Kier molecular flexibility index (Phi) is 9.11. The van der Waals surface area contributed by atoms with Crippen molar-refractivity contribution in [1.82, 2.24) is 9.88 Å². The van der Waals surface area contributed by atoms with Crippen molar-refractivity contribution in [3.05, 3.63) is 89.2 Å². The Bertz CT molecular complexity index is 1460. The molecule has 2 fully saturated rings. The molecule has 2 aromatic carbocycles. The van der Waals surface area contributed by atoms with Crippen LogP contribution in [0.25, 0.3) is 11.1 Å². The van der Waals surface area contributed by atoms with E-state index in [1.54, 1.807) is 17.2 Å². The van der Waals surface area contributed by atoms with Gasteiger partial charge < -0.3 is 10.0 Å². The first-order valence-corrected chi connectivity index (χ1v) is 14.8. The third-order valence-electron chi connectivity index (χ3n) is 8.95. The van der Waals surface area contributed by atoms with Gasteiger partial charge in [0.2, 0.25) is 5.91 Å². The molecule has 1 N–H and O–H groups in total. The molecule has 0 radical (unpaired) electrons. The van der Waals surface area contributed by atoms with Crippen molar-refractivity contribution in [2.24, 2.45) is 11.8 Å². The van der Waals surface area contributed by atoms with Crippen molar-refractivity contribution >= 4 is 18.0 Å². The summed E-state index contributed by atoms with van der Waals surface area (Å²) in [6, 6.07) is 15.4. The number of benzene rings is 2. The van der Waals surface area contributed by atoms with E-state index in [1.165, 1.54) is 12.1 Å². The van der Waals surface area contributed by atoms with Gasteiger partial charge in [0.05, 0.1) is 11.3 Å². The van der Waals surface area contributed by atoms with Crippen LogP contribution in [0.15, 0.2) is 66.9 Å². The second-order valence-corrected chi connectivity index (χ2v) is 11.8. The summed E-state index contributed by atoms with van der Waals surface area (Å²) in [4.78, 5) is 42.9. The normalized spacial score (nSPS) is 22.4. The van der Waals surface area contributed by atoms with Gasteiger partial charge in [-0.3, -0.25) is 19.4 Å². The Labute approximate surface area is 248 Å². The fraction of sp³-hybridized carbons (Fsp3) is 0.412. The number of carbonyl (C=O) groups is 3. The molecule has 1 aliphatic heterocycles. The highest BCUT2D eigenvalue weighted by Gasteiger charge is 2.38. The average molecular weight is 593 g/mol. The van der Waals surface area contributed by atoms with Gasteiger partial charge in [-0.15, -0.1) is 0 Å². The van der Waals surface area contributed by atoms with Crippen molar-refractivity contribution < 1.29 is 32.7 Å². The number of ketones is 1. The SMILES string of the molecule is O=Cc1ccccc1-c1ccc(C2(O)CCC(CC3CCN(C(=O)CCC(=O)c4cccc(C(F)(F)F)c4)C3)CC2)nc1. The number of aliphatic hydroxyl groups is 1. The number of hydrogen-bond donors (Lipinski definition) is 1. The Hall–Kier alpha value is -3.85. The van der Waals surface area contributed by atoms with Crippen LogP contribution in [0.2, 0.25) is 0 Å². The maximum Gasteiger partial charge on any atom is 0.416 e. The summed E-state index contributed by atoms with van der Waals surface area (Å²) in [6.07, 6.45) is 2.59. The molecule has 2 aliphatic rings. The molecule has 43 heavy (non-hydrogen) atoms. The van der Waals surface area contributed by atoms with Crippen LogP contribution in [0.3, 0.4) is 0 Å². The molecule has 9 heteroatoms. The van der Waals surface area contributed by atoms with Gasteiger partial charge in [0.25, 0.3) is 0 Å². The molecular weight excluding hydrogens is 557 g/mol. The predicted octanol–water partition coefficient (Wildman–Crippen LogP) is 6.86. The zero-order chi connectivity index (χ0) is 30.6. The molecule has 1 unspecified atom stereocenters. The van der Waals surface area contributed by atoms with Crippen LogP contribution in [0, 0.1) is 11.8 Å². The average Bonchev–Trinajstić information content (AvgIpc) is 3.49. The summed E-state index contributed by atoms with van der Waals surface area (Å²) >= 11 is 0. The fourth-order valence-electron chi connectivity index (χ4n) is 6.45. The predicted molar refractivity (Wildman–Crippen MR) is 155 cm³/mol. The highest BCUT2D eigenvalue weighted by molar-refractivity contribution is 5.98. The summed E-state index contributed by atoms with van der Waals surface area (Å²) in [6.45, 7) is 1.23. The van der Waals surface area contributed by atoms with Crippen LogP contribution >= 0.6 is 0 Å². The van der Waals surface area contributed by atoms with Gasteiger partial charge in [0.1, 0.15) is 5.60 Å². The number of aromatic nitrogens is 1.